The van der Waals surface area contributed by atoms with E-state index < -0.39 is 0 Å². The Bertz CT molecular complexity index is 859. The van der Waals surface area contributed by atoms with Gasteiger partial charge in [0.15, 0.2) is 11.4 Å². The van der Waals surface area contributed by atoms with E-state index in [1.807, 2.05) is 36.4 Å². The Balaban J connectivity index is 2.25. The van der Waals surface area contributed by atoms with Gasteiger partial charge in [-0.2, -0.15) is 0 Å². The predicted octanol–water partition coefficient (Wildman–Crippen LogP) is 3.76. The van der Waals surface area contributed by atoms with Crippen molar-refractivity contribution >= 4 is 38.2 Å². The van der Waals surface area contributed by atoms with E-state index in [0.717, 1.165) is 10.2 Å². The second-order valence-electron chi connectivity index (χ2n) is 4.74. The number of pyridine rings is 1. The van der Waals surface area contributed by atoms with Gasteiger partial charge in [0.05, 0.1) is 5.52 Å². The van der Waals surface area contributed by atoms with Gasteiger partial charge in [-0.25, -0.2) is 0 Å². The van der Waals surface area contributed by atoms with Crippen molar-refractivity contribution in [3.8, 4) is 5.75 Å². The number of nitrogens with zero attached hydrogens (tertiary/aromatic N) is 1. The molecule has 0 spiro atoms. The summed E-state index contributed by atoms with van der Waals surface area (Å²) in [7, 11) is 1.75. The summed E-state index contributed by atoms with van der Waals surface area (Å²) in [6.07, 6.45) is 0. The van der Waals surface area contributed by atoms with Gasteiger partial charge in [0.1, 0.15) is 0 Å². The monoisotopic (exact) mass is 344 g/mol. The van der Waals surface area contributed by atoms with Crippen LogP contribution in [0.3, 0.4) is 0 Å². The molecule has 0 aliphatic carbocycles. The van der Waals surface area contributed by atoms with Gasteiger partial charge in [0.2, 0.25) is 0 Å². The van der Waals surface area contributed by atoms with Crippen LogP contribution in [0.25, 0.3) is 10.9 Å². The third kappa shape index (κ3) is 2.40. The second-order valence-corrected chi connectivity index (χ2v) is 5.65. The zero-order valence-electron chi connectivity index (χ0n) is 11.3. The molecule has 0 fully saturated rings. The Morgan fingerprint density at radius 3 is 2.57 bits per heavy atom. The Morgan fingerprint density at radius 2 is 1.86 bits per heavy atom. The van der Waals surface area contributed by atoms with Gasteiger partial charge in [-0.1, -0.05) is 34.1 Å². The summed E-state index contributed by atoms with van der Waals surface area (Å²) in [6.45, 7) is 0. The lowest BCUT2D eigenvalue weighted by molar-refractivity contribution is 0.481. The molecule has 0 saturated heterocycles. The lowest BCUT2D eigenvalue weighted by Crippen LogP contribution is -2.20. The van der Waals surface area contributed by atoms with Gasteiger partial charge in [-0.3, -0.25) is 4.79 Å². The van der Waals surface area contributed by atoms with Crippen LogP contribution in [0.5, 0.6) is 5.75 Å². The van der Waals surface area contributed by atoms with Crippen LogP contribution in [-0.4, -0.2) is 17.1 Å². The molecule has 0 unspecified atom stereocenters. The number of nitrogens with one attached hydrogen (secondary N) is 1. The van der Waals surface area contributed by atoms with Gasteiger partial charge in [0.25, 0.3) is 5.56 Å². The third-order valence-electron chi connectivity index (χ3n) is 3.40. The van der Waals surface area contributed by atoms with Crippen LogP contribution in [0, 0.1) is 0 Å². The smallest absolute Gasteiger partial charge is 0.276 e. The molecular weight excluding hydrogens is 332 g/mol. The average Bonchev–Trinajstić information content (AvgIpc) is 2.49. The van der Waals surface area contributed by atoms with E-state index in [9.17, 15) is 9.90 Å². The summed E-state index contributed by atoms with van der Waals surface area (Å²) in [5, 5.41) is 11.1. The minimum Gasteiger partial charge on any atom is -0.505 e. The highest BCUT2D eigenvalue weighted by atomic mass is 79.9. The van der Waals surface area contributed by atoms with E-state index in [4.69, 9.17) is 0 Å². The van der Waals surface area contributed by atoms with Crippen molar-refractivity contribution in [2.45, 2.75) is 0 Å². The van der Waals surface area contributed by atoms with E-state index in [0.29, 0.717) is 10.9 Å². The fourth-order valence-corrected chi connectivity index (χ4v) is 2.69. The summed E-state index contributed by atoms with van der Waals surface area (Å²) in [6, 6.07) is 14.8. The molecule has 0 atom stereocenters. The predicted molar refractivity (Wildman–Crippen MR) is 88.4 cm³/mol. The lowest BCUT2D eigenvalue weighted by Gasteiger charge is -2.20. The number of aromatic hydroxyl groups is 1. The number of hydrogen-bond donors (Lipinski definition) is 2. The molecule has 0 aliphatic heterocycles. The minimum absolute atomic E-state index is 0.0265. The fourth-order valence-electron chi connectivity index (χ4n) is 2.33. The lowest BCUT2D eigenvalue weighted by atomic mass is 10.1. The van der Waals surface area contributed by atoms with Crippen LogP contribution in [0.4, 0.5) is 11.4 Å². The van der Waals surface area contributed by atoms with Crippen LogP contribution in [0.2, 0.25) is 0 Å². The second kappa shape index (κ2) is 5.26. The number of halogens is 1. The first-order valence-electron chi connectivity index (χ1n) is 6.41. The van der Waals surface area contributed by atoms with Crippen molar-refractivity contribution in [3.05, 3.63) is 63.4 Å². The van der Waals surface area contributed by atoms with Gasteiger partial charge in [-0.05, 0) is 30.3 Å². The van der Waals surface area contributed by atoms with Crippen LogP contribution in [0.1, 0.15) is 0 Å². The molecule has 106 valence electrons. The third-order valence-corrected chi connectivity index (χ3v) is 3.90. The zero-order chi connectivity index (χ0) is 15.0. The number of fused-ring (bicyclic) bond motifs is 1. The van der Waals surface area contributed by atoms with Gasteiger partial charge >= 0.3 is 0 Å². The number of anilines is 2. The highest BCUT2D eigenvalue weighted by Crippen LogP contribution is 2.34. The van der Waals surface area contributed by atoms with E-state index in [1.165, 1.54) is 0 Å². The van der Waals surface area contributed by atoms with E-state index in [2.05, 4.69) is 20.9 Å². The normalized spacial score (nSPS) is 10.8. The average molecular weight is 345 g/mol. The molecule has 0 amide bonds. The molecule has 0 radical (unpaired) electrons. The number of benzene rings is 2. The number of aromatic nitrogens is 1. The van der Waals surface area contributed by atoms with Crippen LogP contribution < -0.4 is 10.5 Å². The first-order valence-corrected chi connectivity index (χ1v) is 7.20. The van der Waals surface area contributed by atoms with Crippen molar-refractivity contribution in [2.75, 3.05) is 11.9 Å². The molecule has 4 nitrogen and oxygen atoms in total. The zero-order valence-corrected chi connectivity index (χ0v) is 12.9. The van der Waals surface area contributed by atoms with Crippen molar-refractivity contribution in [1.29, 1.82) is 0 Å². The molecule has 2 N–H and O–H groups in total. The summed E-state index contributed by atoms with van der Waals surface area (Å²) < 4.78 is 0.839. The Hall–Kier alpha value is -2.27. The summed E-state index contributed by atoms with van der Waals surface area (Å²) in [5.74, 6) is -0.0265. The molecule has 0 aliphatic rings. The largest absolute Gasteiger partial charge is 0.505 e. The highest BCUT2D eigenvalue weighted by Gasteiger charge is 2.17. The fraction of sp³-hybridized carbons (Fsp3) is 0.0625. The molecule has 2 aromatic carbocycles. The molecule has 1 aromatic heterocycles. The molecule has 1 heterocycles. The summed E-state index contributed by atoms with van der Waals surface area (Å²) in [4.78, 5) is 16.8. The SMILES string of the molecule is CN(c1ccccc1)c1c(O)c2cc(Br)ccc2[nH]c1=O. The van der Waals surface area contributed by atoms with Crippen molar-refractivity contribution < 1.29 is 5.11 Å². The molecule has 21 heavy (non-hydrogen) atoms. The minimum atomic E-state index is -0.325. The molecule has 3 aromatic rings. The maximum atomic E-state index is 12.3. The first kappa shape index (κ1) is 13.7. The van der Waals surface area contributed by atoms with Gasteiger partial charge in [0, 0.05) is 22.6 Å². The van der Waals surface area contributed by atoms with E-state index >= 15 is 0 Å². The Labute approximate surface area is 129 Å². The van der Waals surface area contributed by atoms with Crippen molar-refractivity contribution in [2.24, 2.45) is 0 Å². The number of H-pyrrole nitrogens is 1. The van der Waals surface area contributed by atoms with Crippen LogP contribution >= 0.6 is 15.9 Å². The first-order chi connectivity index (χ1) is 10.1. The number of para-hydroxylation sites is 1. The van der Waals surface area contributed by atoms with E-state index in [-0.39, 0.29) is 17.0 Å². The quantitative estimate of drug-likeness (QED) is 0.744. The van der Waals surface area contributed by atoms with Gasteiger partial charge in [-0.15, -0.1) is 0 Å². The molecule has 5 heteroatoms. The molecular formula is C16H13BrN2O2. The maximum absolute atomic E-state index is 12.3. The van der Waals surface area contributed by atoms with Gasteiger partial charge < -0.3 is 15.0 Å². The topological polar surface area (TPSA) is 56.3 Å². The number of hydrogen-bond acceptors (Lipinski definition) is 3. The maximum Gasteiger partial charge on any atom is 0.276 e. The van der Waals surface area contributed by atoms with Crippen LogP contribution in [-0.2, 0) is 0 Å². The highest BCUT2D eigenvalue weighted by molar-refractivity contribution is 9.10. The number of aromatic amines is 1. The number of rotatable bonds is 2. The standard InChI is InChI=1S/C16H13BrN2O2/c1-19(11-5-3-2-4-6-11)14-15(20)12-9-10(17)7-8-13(12)18-16(14)21/h2-9H,1H3,(H2,18,20,21). The van der Waals surface area contributed by atoms with Crippen molar-refractivity contribution in [1.82, 2.24) is 4.98 Å². The molecule has 0 saturated carbocycles. The summed E-state index contributed by atoms with van der Waals surface area (Å²) in [5.41, 5.74) is 1.33. The Kier molecular flexibility index (Phi) is 3.43. The molecule has 0 bridgehead atoms. The van der Waals surface area contributed by atoms with Crippen LogP contribution in [0.15, 0.2) is 57.8 Å². The molecule has 3 rings (SSSR count). The van der Waals surface area contributed by atoms with Crippen molar-refractivity contribution in [3.63, 3.8) is 0 Å². The van der Waals surface area contributed by atoms with E-state index in [1.54, 1.807) is 24.1 Å². The Morgan fingerprint density at radius 1 is 1.14 bits per heavy atom. The summed E-state index contributed by atoms with van der Waals surface area (Å²) >= 11 is 3.37.